The third-order valence-corrected chi connectivity index (χ3v) is 5.35. The summed E-state index contributed by atoms with van der Waals surface area (Å²) < 4.78 is 1.93. The van der Waals surface area contributed by atoms with Crippen LogP contribution in [0.15, 0.2) is 0 Å². The molecular weight excluding hydrogens is 272 g/mol. The largest absolute Gasteiger partial charge is 0.311 e. The Labute approximate surface area is 127 Å². The zero-order chi connectivity index (χ0) is 14.9. The van der Waals surface area contributed by atoms with Crippen molar-refractivity contribution in [3.8, 4) is 0 Å². The zero-order valence-corrected chi connectivity index (χ0v) is 14.1. The smallest absolute Gasteiger partial charge is 0.0860 e. The van der Waals surface area contributed by atoms with Gasteiger partial charge in [-0.05, 0) is 26.7 Å². The van der Waals surface area contributed by atoms with Crippen LogP contribution in [-0.2, 0) is 13.6 Å². The second-order valence-electron chi connectivity index (χ2n) is 6.06. The lowest BCUT2D eigenvalue weighted by atomic mass is 9.87. The van der Waals surface area contributed by atoms with Crippen LogP contribution in [0.2, 0.25) is 5.02 Å². The molecule has 5 heteroatoms. The molecule has 114 valence electrons. The number of hydrogen-bond acceptors (Lipinski definition) is 3. The van der Waals surface area contributed by atoms with Crippen molar-refractivity contribution in [1.29, 1.82) is 0 Å². The van der Waals surface area contributed by atoms with Crippen molar-refractivity contribution < 1.29 is 0 Å². The third-order valence-electron chi connectivity index (χ3n) is 4.86. The highest BCUT2D eigenvalue weighted by Gasteiger charge is 2.38. The van der Waals surface area contributed by atoms with Gasteiger partial charge in [0.05, 0.1) is 16.4 Å². The van der Waals surface area contributed by atoms with Crippen LogP contribution in [0, 0.1) is 6.92 Å². The zero-order valence-electron chi connectivity index (χ0n) is 13.3. The quantitative estimate of drug-likeness (QED) is 0.928. The van der Waals surface area contributed by atoms with Gasteiger partial charge >= 0.3 is 0 Å². The van der Waals surface area contributed by atoms with Gasteiger partial charge in [0, 0.05) is 38.3 Å². The number of hydrogen-bond donors (Lipinski definition) is 1. The van der Waals surface area contributed by atoms with Gasteiger partial charge < -0.3 is 5.32 Å². The highest BCUT2D eigenvalue weighted by Crippen LogP contribution is 2.30. The first-order valence-electron chi connectivity index (χ1n) is 7.60. The normalized spacial score (nSPS) is 23.2. The summed E-state index contributed by atoms with van der Waals surface area (Å²) in [6.45, 7) is 11.8. The van der Waals surface area contributed by atoms with E-state index in [2.05, 4.69) is 36.1 Å². The molecule has 0 bridgehead atoms. The topological polar surface area (TPSA) is 33.1 Å². The van der Waals surface area contributed by atoms with Crippen molar-refractivity contribution in [2.75, 3.05) is 13.1 Å². The molecule has 0 spiro atoms. The molecular formula is C15H27ClN4. The van der Waals surface area contributed by atoms with E-state index in [9.17, 15) is 0 Å². The van der Waals surface area contributed by atoms with Gasteiger partial charge in [-0.15, -0.1) is 0 Å². The van der Waals surface area contributed by atoms with E-state index < -0.39 is 0 Å². The molecule has 1 N–H and O–H groups in total. The maximum absolute atomic E-state index is 6.42. The molecule has 1 aromatic heterocycles. The first kappa shape index (κ1) is 15.8. The predicted molar refractivity (Wildman–Crippen MR) is 84.1 cm³/mol. The summed E-state index contributed by atoms with van der Waals surface area (Å²) in [4.78, 5) is 2.59. The molecule has 1 aromatic rings. The van der Waals surface area contributed by atoms with Gasteiger partial charge in [0.1, 0.15) is 0 Å². The maximum Gasteiger partial charge on any atom is 0.0860 e. The Balaban J connectivity index is 2.28. The van der Waals surface area contributed by atoms with E-state index in [0.717, 1.165) is 48.9 Å². The molecule has 0 aromatic carbocycles. The van der Waals surface area contributed by atoms with Crippen LogP contribution >= 0.6 is 11.6 Å². The third kappa shape index (κ3) is 2.74. The minimum atomic E-state index is 0.230. The summed E-state index contributed by atoms with van der Waals surface area (Å²) in [5, 5.41) is 8.88. The lowest BCUT2D eigenvalue weighted by Gasteiger charge is -2.49. The number of aromatic nitrogens is 2. The Kier molecular flexibility index (Phi) is 4.77. The van der Waals surface area contributed by atoms with Gasteiger partial charge in [0.25, 0.3) is 0 Å². The van der Waals surface area contributed by atoms with E-state index in [0.29, 0.717) is 6.04 Å². The average molecular weight is 299 g/mol. The fourth-order valence-electron chi connectivity index (χ4n) is 3.28. The maximum atomic E-state index is 6.42. The van der Waals surface area contributed by atoms with Crippen LogP contribution < -0.4 is 5.32 Å². The molecule has 1 unspecified atom stereocenters. The molecule has 1 aliphatic heterocycles. The van der Waals surface area contributed by atoms with Crippen LogP contribution in [0.3, 0.4) is 0 Å². The lowest BCUT2D eigenvalue weighted by Crippen LogP contribution is -2.63. The SMILES string of the molecule is CCC1(CC)CNC(C)CN1Cc1c(Cl)c(C)nn1C. The van der Waals surface area contributed by atoms with E-state index in [4.69, 9.17) is 11.6 Å². The molecule has 1 aliphatic rings. The van der Waals surface area contributed by atoms with E-state index in [-0.39, 0.29) is 5.54 Å². The fraction of sp³-hybridized carbons (Fsp3) is 0.800. The Hall–Kier alpha value is -0.580. The predicted octanol–water partition coefficient (Wildman–Crippen LogP) is 2.73. The summed E-state index contributed by atoms with van der Waals surface area (Å²) in [6.07, 6.45) is 2.30. The number of nitrogens with one attached hydrogen (secondary N) is 1. The van der Waals surface area contributed by atoms with Crippen molar-refractivity contribution >= 4 is 11.6 Å². The fourth-order valence-corrected chi connectivity index (χ4v) is 3.50. The number of aryl methyl sites for hydroxylation is 2. The van der Waals surface area contributed by atoms with Gasteiger partial charge in [-0.2, -0.15) is 5.10 Å². The highest BCUT2D eigenvalue weighted by atomic mass is 35.5. The molecule has 1 fully saturated rings. The van der Waals surface area contributed by atoms with E-state index in [1.165, 1.54) is 0 Å². The number of piperazine rings is 1. The Morgan fingerprint density at radius 3 is 2.55 bits per heavy atom. The van der Waals surface area contributed by atoms with E-state index in [1.807, 2.05) is 18.7 Å². The van der Waals surface area contributed by atoms with Crippen LogP contribution in [0.4, 0.5) is 0 Å². The van der Waals surface area contributed by atoms with Crippen LogP contribution in [0.5, 0.6) is 0 Å². The second-order valence-corrected chi connectivity index (χ2v) is 6.44. The molecule has 20 heavy (non-hydrogen) atoms. The highest BCUT2D eigenvalue weighted by molar-refractivity contribution is 6.31. The second kappa shape index (κ2) is 6.04. The minimum absolute atomic E-state index is 0.230. The number of nitrogens with zero attached hydrogens (tertiary/aromatic N) is 3. The number of halogens is 1. The summed E-state index contributed by atoms with van der Waals surface area (Å²) in [5.41, 5.74) is 2.28. The molecule has 2 rings (SSSR count). The van der Waals surface area contributed by atoms with Crippen molar-refractivity contribution in [3.63, 3.8) is 0 Å². The van der Waals surface area contributed by atoms with Gasteiger partial charge in [-0.3, -0.25) is 9.58 Å². The number of rotatable bonds is 4. The molecule has 1 atom stereocenters. The molecule has 0 saturated carbocycles. The van der Waals surface area contributed by atoms with E-state index in [1.54, 1.807) is 0 Å². The Morgan fingerprint density at radius 2 is 2.05 bits per heavy atom. The molecule has 0 amide bonds. The van der Waals surface area contributed by atoms with Gasteiger partial charge in [0.15, 0.2) is 0 Å². The molecule has 0 aliphatic carbocycles. The molecule has 1 saturated heterocycles. The Morgan fingerprint density at radius 1 is 1.40 bits per heavy atom. The van der Waals surface area contributed by atoms with Crippen molar-refractivity contribution in [3.05, 3.63) is 16.4 Å². The van der Waals surface area contributed by atoms with Crippen LogP contribution in [-0.4, -0.2) is 39.4 Å². The summed E-state index contributed by atoms with van der Waals surface area (Å²) in [6, 6.07) is 0.523. The van der Waals surface area contributed by atoms with E-state index >= 15 is 0 Å². The van der Waals surface area contributed by atoms with Crippen molar-refractivity contribution in [2.45, 2.75) is 58.7 Å². The van der Waals surface area contributed by atoms with Crippen LogP contribution in [0.25, 0.3) is 0 Å². The monoisotopic (exact) mass is 298 g/mol. The molecule has 0 radical (unpaired) electrons. The van der Waals surface area contributed by atoms with Gasteiger partial charge in [0.2, 0.25) is 0 Å². The van der Waals surface area contributed by atoms with Crippen LogP contribution in [0.1, 0.15) is 45.0 Å². The van der Waals surface area contributed by atoms with Crippen molar-refractivity contribution in [1.82, 2.24) is 20.0 Å². The molecule has 4 nitrogen and oxygen atoms in total. The summed E-state index contributed by atoms with van der Waals surface area (Å²) in [5.74, 6) is 0. The first-order valence-corrected chi connectivity index (χ1v) is 7.97. The minimum Gasteiger partial charge on any atom is -0.311 e. The Bertz CT molecular complexity index is 465. The first-order chi connectivity index (χ1) is 9.43. The standard InChI is InChI=1S/C15H27ClN4/c1-6-15(7-2)10-17-11(3)8-20(15)9-13-14(16)12(4)18-19(13)5/h11,17H,6-10H2,1-5H3. The lowest BCUT2D eigenvalue weighted by molar-refractivity contribution is 0.0260. The van der Waals surface area contributed by atoms with Gasteiger partial charge in [-0.1, -0.05) is 25.4 Å². The molecule has 2 heterocycles. The summed E-state index contributed by atoms with van der Waals surface area (Å²) in [7, 11) is 1.99. The summed E-state index contributed by atoms with van der Waals surface area (Å²) >= 11 is 6.42. The average Bonchev–Trinajstić information content (AvgIpc) is 2.66. The van der Waals surface area contributed by atoms with Crippen molar-refractivity contribution in [2.24, 2.45) is 7.05 Å². The van der Waals surface area contributed by atoms with Gasteiger partial charge in [-0.25, -0.2) is 0 Å².